The monoisotopic (exact) mass is 265 g/mol. The van der Waals surface area contributed by atoms with Gasteiger partial charge in [-0.25, -0.2) is 5.53 Å². The number of hydrazine groups is 1. The first-order valence-electron chi connectivity index (χ1n) is 5.65. The highest BCUT2D eigenvalue weighted by atomic mass is 32.1. The van der Waals surface area contributed by atoms with Crippen molar-refractivity contribution in [1.29, 1.82) is 0 Å². The number of carbonyl (C=O) groups excluding carboxylic acids is 1. The van der Waals surface area contributed by atoms with E-state index in [1.807, 2.05) is 30.3 Å². The molecule has 1 aliphatic rings. The third-order valence-electron chi connectivity index (χ3n) is 2.51. The van der Waals surface area contributed by atoms with Crippen LogP contribution in [-0.2, 0) is 11.2 Å². The Labute approximate surface area is 111 Å². The number of carbonyl (C=O) groups is 1. The van der Waals surface area contributed by atoms with Crippen LogP contribution in [0, 0.1) is 0 Å². The standard InChI is InChI=1S/C11H15N5OS/c17-10(8-11(18)13-15-16-14-11)12-7-6-9-4-2-1-3-5-9/h1-5,18H,6-8H2,(H,12,17)(H,13,16)(H,14,15). The summed E-state index contributed by atoms with van der Waals surface area (Å²) in [6.45, 7) is 0.595. The van der Waals surface area contributed by atoms with Crippen molar-refractivity contribution in [3.05, 3.63) is 35.9 Å². The fourth-order valence-electron chi connectivity index (χ4n) is 1.60. The van der Waals surface area contributed by atoms with E-state index >= 15 is 0 Å². The lowest BCUT2D eigenvalue weighted by atomic mass is 10.1. The van der Waals surface area contributed by atoms with Gasteiger partial charge in [0.15, 0.2) is 0 Å². The molecule has 96 valence electrons. The van der Waals surface area contributed by atoms with Crippen LogP contribution in [0.5, 0.6) is 0 Å². The van der Waals surface area contributed by atoms with E-state index in [9.17, 15) is 4.79 Å². The quantitative estimate of drug-likeness (QED) is 0.595. The first-order chi connectivity index (χ1) is 8.68. The summed E-state index contributed by atoms with van der Waals surface area (Å²) >= 11 is 4.22. The van der Waals surface area contributed by atoms with Crippen molar-refractivity contribution in [3.8, 4) is 0 Å². The second-order valence-electron chi connectivity index (χ2n) is 4.02. The first-order valence-corrected chi connectivity index (χ1v) is 6.10. The second-order valence-corrected chi connectivity index (χ2v) is 4.76. The maximum atomic E-state index is 11.7. The highest BCUT2D eigenvalue weighted by Gasteiger charge is 2.31. The van der Waals surface area contributed by atoms with Crippen molar-refractivity contribution in [2.45, 2.75) is 17.8 Å². The largest absolute Gasteiger partial charge is 0.356 e. The molecule has 0 fully saturated rings. The van der Waals surface area contributed by atoms with Crippen LogP contribution in [0.1, 0.15) is 12.0 Å². The van der Waals surface area contributed by atoms with Gasteiger partial charge in [-0.05, 0) is 12.0 Å². The molecule has 0 aromatic heterocycles. The highest BCUT2D eigenvalue weighted by Crippen LogP contribution is 2.19. The maximum absolute atomic E-state index is 11.7. The van der Waals surface area contributed by atoms with Gasteiger partial charge in [0.05, 0.1) is 6.42 Å². The van der Waals surface area contributed by atoms with Crippen molar-refractivity contribution >= 4 is 18.5 Å². The highest BCUT2D eigenvalue weighted by molar-refractivity contribution is 7.81. The fraction of sp³-hybridized carbons (Fsp3) is 0.364. The molecule has 1 atom stereocenters. The molecule has 0 spiro atoms. The van der Waals surface area contributed by atoms with Crippen LogP contribution < -0.4 is 16.3 Å². The minimum absolute atomic E-state index is 0.115. The topological polar surface area (TPSA) is 77.9 Å². The zero-order chi connectivity index (χ0) is 12.8. The zero-order valence-electron chi connectivity index (χ0n) is 9.76. The molecule has 18 heavy (non-hydrogen) atoms. The van der Waals surface area contributed by atoms with Crippen molar-refractivity contribution in [2.75, 3.05) is 6.54 Å². The van der Waals surface area contributed by atoms with Gasteiger partial charge in [-0.1, -0.05) is 35.6 Å². The van der Waals surface area contributed by atoms with E-state index in [-0.39, 0.29) is 12.3 Å². The summed E-state index contributed by atoms with van der Waals surface area (Å²) in [5.41, 5.74) is 6.34. The summed E-state index contributed by atoms with van der Waals surface area (Å²) in [5, 5.41) is 10.1. The molecular formula is C11H15N5OS. The Morgan fingerprint density at radius 1 is 1.39 bits per heavy atom. The van der Waals surface area contributed by atoms with Gasteiger partial charge in [0.2, 0.25) is 10.9 Å². The summed E-state index contributed by atoms with van der Waals surface area (Å²) in [7, 11) is 0. The van der Waals surface area contributed by atoms with Crippen LogP contribution in [-0.4, -0.2) is 17.4 Å². The van der Waals surface area contributed by atoms with Crippen molar-refractivity contribution in [2.24, 2.45) is 10.3 Å². The summed E-state index contributed by atoms with van der Waals surface area (Å²) in [6, 6.07) is 9.99. The van der Waals surface area contributed by atoms with E-state index in [1.54, 1.807) is 0 Å². The summed E-state index contributed by atoms with van der Waals surface area (Å²) in [6.07, 6.45) is 0.931. The van der Waals surface area contributed by atoms with E-state index in [0.29, 0.717) is 6.54 Å². The number of thiol groups is 1. The SMILES string of the molecule is O=C(CC1(S)N=NNN1)NCCc1ccccc1. The number of hydrogen-bond acceptors (Lipinski definition) is 6. The number of hydrogen-bond donors (Lipinski definition) is 4. The average Bonchev–Trinajstić information content (AvgIpc) is 2.77. The van der Waals surface area contributed by atoms with E-state index in [4.69, 9.17) is 0 Å². The molecule has 3 N–H and O–H groups in total. The molecular weight excluding hydrogens is 250 g/mol. The van der Waals surface area contributed by atoms with Gasteiger partial charge < -0.3 is 5.32 Å². The van der Waals surface area contributed by atoms with Gasteiger partial charge in [0, 0.05) is 6.54 Å². The first kappa shape index (κ1) is 12.8. The van der Waals surface area contributed by atoms with Gasteiger partial charge in [-0.2, -0.15) is 5.43 Å². The predicted molar refractivity (Wildman–Crippen MR) is 70.6 cm³/mol. The second kappa shape index (κ2) is 5.83. The Kier molecular flexibility index (Phi) is 4.16. The molecule has 1 heterocycles. The van der Waals surface area contributed by atoms with Crippen molar-refractivity contribution < 1.29 is 4.79 Å². The lowest BCUT2D eigenvalue weighted by Crippen LogP contribution is -2.43. The fourth-order valence-corrected chi connectivity index (χ4v) is 1.84. The number of nitrogens with zero attached hydrogens (tertiary/aromatic N) is 2. The minimum atomic E-state index is -0.948. The molecule has 0 saturated heterocycles. The van der Waals surface area contributed by atoms with E-state index < -0.39 is 4.99 Å². The van der Waals surface area contributed by atoms with Gasteiger partial charge in [-0.3, -0.25) is 4.79 Å². The Bertz CT molecular complexity index is 438. The third kappa shape index (κ3) is 3.71. The summed E-state index contributed by atoms with van der Waals surface area (Å²) in [5.74, 6) is -0.115. The number of rotatable bonds is 5. The van der Waals surface area contributed by atoms with Crippen LogP contribution in [0.3, 0.4) is 0 Å². The van der Waals surface area contributed by atoms with Gasteiger partial charge in [0.1, 0.15) is 0 Å². The van der Waals surface area contributed by atoms with E-state index in [0.717, 1.165) is 6.42 Å². The molecule has 1 amide bonds. The Balaban J connectivity index is 1.71. The predicted octanol–water partition coefficient (Wildman–Crippen LogP) is 0.794. The molecule has 1 unspecified atom stereocenters. The summed E-state index contributed by atoms with van der Waals surface area (Å²) < 4.78 is 0. The lowest BCUT2D eigenvalue weighted by molar-refractivity contribution is -0.121. The van der Waals surface area contributed by atoms with Crippen LogP contribution >= 0.6 is 12.6 Å². The average molecular weight is 265 g/mol. The normalized spacial score (nSPS) is 21.6. The van der Waals surface area contributed by atoms with Gasteiger partial charge >= 0.3 is 0 Å². The molecule has 0 saturated carbocycles. The molecule has 2 rings (SSSR count). The van der Waals surface area contributed by atoms with E-state index in [1.165, 1.54) is 5.56 Å². The van der Waals surface area contributed by atoms with Gasteiger partial charge in [0.25, 0.3) is 0 Å². The zero-order valence-corrected chi connectivity index (χ0v) is 10.7. The third-order valence-corrected chi connectivity index (χ3v) is 2.87. The molecule has 1 aromatic rings. The Morgan fingerprint density at radius 3 is 2.83 bits per heavy atom. The molecule has 0 bridgehead atoms. The van der Waals surface area contributed by atoms with Crippen LogP contribution in [0.4, 0.5) is 0 Å². The van der Waals surface area contributed by atoms with Crippen molar-refractivity contribution in [3.63, 3.8) is 0 Å². The molecule has 0 aliphatic carbocycles. The van der Waals surface area contributed by atoms with Crippen molar-refractivity contribution in [1.82, 2.24) is 16.3 Å². The van der Waals surface area contributed by atoms with E-state index in [2.05, 4.69) is 39.2 Å². The minimum Gasteiger partial charge on any atom is -0.356 e. The number of nitrogens with one attached hydrogen (secondary N) is 3. The Hall–Kier alpha value is -1.60. The number of benzene rings is 1. The molecule has 1 aromatic carbocycles. The molecule has 1 aliphatic heterocycles. The van der Waals surface area contributed by atoms with Crippen LogP contribution in [0.2, 0.25) is 0 Å². The molecule has 0 radical (unpaired) electrons. The van der Waals surface area contributed by atoms with Crippen LogP contribution in [0.25, 0.3) is 0 Å². The van der Waals surface area contributed by atoms with Crippen LogP contribution in [0.15, 0.2) is 40.7 Å². The van der Waals surface area contributed by atoms with Gasteiger partial charge in [-0.15, -0.1) is 17.7 Å². The smallest absolute Gasteiger partial charge is 0.224 e. The molecule has 6 nitrogen and oxygen atoms in total. The lowest BCUT2D eigenvalue weighted by Gasteiger charge is -2.16. The summed E-state index contributed by atoms with van der Waals surface area (Å²) in [4.78, 5) is 10.7. The maximum Gasteiger partial charge on any atom is 0.224 e. The molecule has 7 heteroatoms. The Morgan fingerprint density at radius 2 is 2.17 bits per heavy atom. The number of amides is 1.